The molecule has 0 radical (unpaired) electrons. The molecule has 1 aromatic carbocycles. The number of rotatable bonds is 4. The molecule has 1 aliphatic rings. The molecule has 0 spiro atoms. The Morgan fingerprint density at radius 3 is 2.93 bits per heavy atom. The van der Waals surface area contributed by atoms with Gasteiger partial charge in [-0.05, 0) is 25.0 Å². The van der Waals surface area contributed by atoms with Crippen LogP contribution in [-0.2, 0) is 4.74 Å². The van der Waals surface area contributed by atoms with E-state index >= 15 is 0 Å². The van der Waals surface area contributed by atoms with Crippen molar-refractivity contribution in [1.29, 1.82) is 0 Å². The molecule has 2 N–H and O–H groups in total. The Hall–Kier alpha value is -1.22. The average Bonchev–Trinajstić information content (AvgIpc) is 2.29. The highest BCUT2D eigenvalue weighted by Crippen LogP contribution is 2.26. The molecule has 1 aromatic rings. The third-order valence-corrected chi connectivity index (χ3v) is 2.73. The van der Waals surface area contributed by atoms with E-state index in [9.17, 15) is 0 Å². The summed E-state index contributed by atoms with van der Waals surface area (Å²) in [7, 11) is 1.75. The first-order valence-electron chi connectivity index (χ1n) is 5.48. The van der Waals surface area contributed by atoms with Crippen molar-refractivity contribution in [2.45, 2.75) is 18.9 Å². The van der Waals surface area contributed by atoms with E-state index in [1.54, 1.807) is 7.11 Å². The maximum atomic E-state index is 5.05. The molecule has 0 fully saturated rings. The lowest BCUT2D eigenvalue weighted by atomic mass is 10.1. The molecule has 0 aliphatic carbocycles. The van der Waals surface area contributed by atoms with Crippen molar-refractivity contribution < 1.29 is 4.74 Å². The Bertz CT molecular complexity index is 314. The molecule has 3 heteroatoms. The van der Waals surface area contributed by atoms with Gasteiger partial charge in [0, 0.05) is 26.3 Å². The molecule has 2 rings (SSSR count). The van der Waals surface area contributed by atoms with Crippen molar-refractivity contribution in [1.82, 2.24) is 0 Å². The van der Waals surface area contributed by atoms with Gasteiger partial charge in [-0.3, -0.25) is 0 Å². The second-order valence-corrected chi connectivity index (χ2v) is 3.90. The van der Waals surface area contributed by atoms with E-state index in [1.807, 2.05) is 0 Å². The summed E-state index contributed by atoms with van der Waals surface area (Å²) in [6.07, 6.45) is 2.26. The number of nitrogens with one attached hydrogen (secondary N) is 2. The summed E-state index contributed by atoms with van der Waals surface area (Å²) in [6, 6.07) is 8.86. The molecule has 1 aliphatic heterocycles. The van der Waals surface area contributed by atoms with Crippen LogP contribution in [0.2, 0.25) is 0 Å². The normalized spacial score (nSPS) is 18.9. The molecule has 3 nitrogen and oxygen atoms in total. The first kappa shape index (κ1) is 10.3. The van der Waals surface area contributed by atoms with Crippen LogP contribution < -0.4 is 10.6 Å². The summed E-state index contributed by atoms with van der Waals surface area (Å²) in [6.45, 7) is 1.85. The van der Waals surface area contributed by atoms with Gasteiger partial charge in [0.1, 0.15) is 0 Å². The molecule has 0 bridgehead atoms. The Kier molecular flexibility index (Phi) is 3.45. The molecule has 0 saturated carbocycles. The average molecular weight is 206 g/mol. The van der Waals surface area contributed by atoms with Crippen LogP contribution in [0.25, 0.3) is 0 Å². The molecule has 0 saturated heterocycles. The van der Waals surface area contributed by atoms with Crippen LogP contribution >= 0.6 is 0 Å². The fourth-order valence-electron chi connectivity index (χ4n) is 1.92. The zero-order valence-corrected chi connectivity index (χ0v) is 9.12. The number of fused-ring (bicyclic) bond motifs is 1. The number of hydrogen-bond acceptors (Lipinski definition) is 3. The molecule has 1 heterocycles. The van der Waals surface area contributed by atoms with E-state index in [0.29, 0.717) is 6.04 Å². The van der Waals surface area contributed by atoms with Crippen molar-refractivity contribution in [3.8, 4) is 0 Å². The maximum Gasteiger partial charge on any atom is 0.0578 e. The van der Waals surface area contributed by atoms with Crippen LogP contribution in [0.3, 0.4) is 0 Å². The summed E-state index contributed by atoms with van der Waals surface area (Å²) >= 11 is 0. The highest BCUT2D eigenvalue weighted by molar-refractivity contribution is 5.70. The van der Waals surface area contributed by atoms with E-state index in [1.165, 1.54) is 11.4 Å². The molecular weight excluding hydrogens is 188 g/mol. The molecule has 15 heavy (non-hydrogen) atoms. The van der Waals surface area contributed by atoms with Crippen molar-refractivity contribution in [3.05, 3.63) is 24.3 Å². The Morgan fingerprint density at radius 1 is 1.33 bits per heavy atom. The van der Waals surface area contributed by atoms with Crippen molar-refractivity contribution >= 4 is 11.4 Å². The lowest BCUT2D eigenvalue weighted by Crippen LogP contribution is -2.33. The van der Waals surface area contributed by atoms with E-state index < -0.39 is 0 Å². The summed E-state index contributed by atoms with van der Waals surface area (Å²) in [4.78, 5) is 0. The lowest BCUT2D eigenvalue weighted by Gasteiger charge is -2.28. The zero-order chi connectivity index (χ0) is 10.5. The number of benzene rings is 1. The van der Waals surface area contributed by atoms with Gasteiger partial charge in [-0.2, -0.15) is 0 Å². The highest BCUT2D eigenvalue weighted by Gasteiger charge is 2.15. The second-order valence-electron chi connectivity index (χ2n) is 3.90. The molecule has 0 aromatic heterocycles. The predicted octanol–water partition coefficient (Wildman–Crippen LogP) is 2.32. The van der Waals surface area contributed by atoms with E-state index in [-0.39, 0.29) is 0 Å². The van der Waals surface area contributed by atoms with E-state index in [4.69, 9.17) is 4.74 Å². The maximum absolute atomic E-state index is 5.05. The summed E-state index contributed by atoms with van der Waals surface area (Å²) < 4.78 is 5.05. The van der Waals surface area contributed by atoms with Gasteiger partial charge in [-0.1, -0.05) is 12.1 Å². The van der Waals surface area contributed by atoms with Crippen LogP contribution in [0.4, 0.5) is 11.4 Å². The van der Waals surface area contributed by atoms with Gasteiger partial charge in [-0.15, -0.1) is 0 Å². The van der Waals surface area contributed by atoms with Crippen LogP contribution in [0.15, 0.2) is 24.3 Å². The first-order chi connectivity index (χ1) is 7.40. The largest absolute Gasteiger partial charge is 0.385 e. The van der Waals surface area contributed by atoms with Gasteiger partial charge >= 0.3 is 0 Å². The minimum atomic E-state index is 0.523. The molecule has 1 atom stereocenters. The van der Waals surface area contributed by atoms with Gasteiger partial charge in [0.2, 0.25) is 0 Å². The minimum Gasteiger partial charge on any atom is -0.385 e. The summed E-state index contributed by atoms with van der Waals surface area (Å²) in [5.41, 5.74) is 2.42. The summed E-state index contributed by atoms with van der Waals surface area (Å²) in [5, 5.41) is 6.97. The van der Waals surface area contributed by atoms with Gasteiger partial charge in [0.05, 0.1) is 11.4 Å². The number of ether oxygens (including phenoxy) is 1. The molecule has 82 valence electrons. The third kappa shape index (κ3) is 2.63. The monoisotopic (exact) mass is 206 g/mol. The van der Waals surface area contributed by atoms with Crippen molar-refractivity contribution in [2.75, 3.05) is 30.9 Å². The number of para-hydroxylation sites is 2. The molecule has 0 amide bonds. The smallest absolute Gasteiger partial charge is 0.0578 e. The van der Waals surface area contributed by atoms with E-state index in [2.05, 4.69) is 34.9 Å². The third-order valence-electron chi connectivity index (χ3n) is 2.73. The second kappa shape index (κ2) is 5.03. The van der Waals surface area contributed by atoms with Crippen LogP contribution in [0.1, 0.15) is 12.8 Å². The zero-order valence-electron chi connectivity index (χ0n) is 9.12. The van der Waals surface area contributed by atoms with Gasteiger partial charge in [-0.25, -0.2) is 0 Å². The van der Waals surface area contributed by atoms with Crippen LogP contribution in [-0.4, -0.2) is 26.3 Å². The minimum absolute atomic E-state index is 0.523. The fraction of sp³-hybridized carbons (Fsp3) is 0.500. The first-order valence-corrected chi connectivity index (χ1v) is 5.48. The Balaban J connectivity index is 1.88. The quantitative estimate of drug-likeness (QED) is 0.742. The SMILES string of the molecule is COCCCC1CNc2ccccc2N1. The number of anilines is 2. The molecule has 1 unspecified atom stereocenters. The number of methoxy groups -OCH3 is 1. The standard InChI is InChI=1S/C12H18N2O/c1-15-8-4-5-10-9-13-11-6-2-3-7-12(11)14-10/h2-3,6-7,10,13-14H,4-5,8-9H2,1H3. The predicted molar refractivity (Wildman–Crippen MR) is 63.5 cm³/mol. The number of hydrogen-bond donors (Lipinski definition) is 2. The van der Waals surface area contributed by atoms with Crippen LogP contribution in [0.5, 0.6) is 0 Å². The fourth-order valence-corrected chi connectivity index (χ4v) is 1.92. The van der Waals surface area contributed by atoms with Gasteiger partial charge in [0.25, 0.3) is 0 Å². The highest BCUT2D eigenvalue weighted by atomic mass is 16.5. The molecular formula is C12H18N2O. The van der Waals surface area contributed by atoms with Crippen LogP contribution in [0, 0.1) is 0 Å². The Labute approximate surface area is 90.8 Å². The topological polar surface area (TPSA) is 33.3 Å². The van der Waals surface area contributed by atoms with Crippen molar-refractivity contribution in [2.24, 2.45) is 0 Å². The van der Waals surface area contributed by atoms with Gasteiger partial charge < -0.3 is 15.4 Å². The summed E-state index contributed by atoms with van der Waals surface area (Å²) in [5.74, 6) is 0. The van der Waals surface area contributed by atoms with Crippen molar-refractivity contribution in [3.63, 3.8) is 0 Å². The van der Waals surface area contributed by atoms with E-state index in [0.717, 1.165) is 26.0 Å². The Morgan fingerprint density at radius 2 is 2.13 bits per heavy atom. The van der Waals surface area contributed by atoms with Gasteiger partial charge in [0.15, 0.2) is 0 Å². The lowest BCUT2D eigenvalue weighted by molar-refractivity contribution is 0.191.